The molecule has 0 spiro atoms. The van der Waals surface area contributed by atoms with E-state index in [4.69, 9.17) is 18.7 Å². The number of phenolic OH excluding ortho intramolecular Hbond substituents is 1. The third-order valence-electron chi connectivity index (χ3n) is 11.0. The molecule has 0 amide bonds. The number of imidazole rings is 1. The molecule has 0 fully saturated rings. The molecule has 0 unspecified atom stereocenters. The first-order chi connectivity index (χ1) is 33.9. The summed E-state index contributed by atoms with van der Waals surface area (Å²) in [6, 6.07) is 36.7. The number of pyridine rings is 1. The van der Waals surface area contributed by atoms with Crippen molar-refractivity contribution < 1.29 is 41.3 Å². The summed E-state index contributed by atoms with van der Waals surface area (Å²) in [5, 5.41) is 11.6. The summed E-state index contributed by atoms with van der Waals surface area (Å²) in [6.07, 6.45) is -0.564. The molecule has 5 heteroatoms. The van der Waals surface area contributed by atoms with Crippen LogP contribution in [0.25, 0.3) is 83.9 Å². The summed E-state index contributed by atoms with van der Waals surface area (Å²) < 4.78 is 98.0. The van der Waals surface area contributed by atoms with E-state index >= 15 is 0 Å². The number of aromatic nitrogens is 3. The molecule has 0 radical (unpaired) electrons. The molecule has 2 heterocycles. The molecule has 9 rings (SSSR count). The van der Waals surface area contributed by atoms with Crippen LogP contribution < -0.4 is 0 Å². The fourth-order valence-electron chi connectivity index (χ4n) is 7.64. The minimum absolute atomic E-state index is 0. The monoisotopic (exact) mass is 998 g/mol. The van der Waals surface area contributed by atoms with E-state index < -0.39 is 60.7 Å². The number of fused-ring (bicyclic) bond motifs is 1. The molecule has 2 aromatic heterocycles. The van der Waals surface area contributed by atoms with Crippen LogP contribution in [0.2, 0.25) is 0 Å². The zero-order chi connectivity index (χ0) is 51.9. The van der Waals surface area contributed by atoms with E-state index in [1.165, 1.54) is 0 Å². The van der Waals surface area contributed by atoms with Crippen molar-refractivity contribution in [3.63, 3.8) is 0 Å². The minimum Gasteiger partial charge on any atom is -0.507 e. The largest absolute Gasteiger partial charge is 0.507 e. The Balaban J connectivity index is 0.00000711. The van der Waals surface area contributed by atoms with E-state index in [-0.39, 0.29) is 60.2 Å². The van der Waals surface area contributed by atoms with Crippen LogP contribution in [0, 0.1) is 12.9 Å². The number of nitrogens with zero attached hydrogens (tertiary/aromatic N) is 3. The van der Waals surface area contributed by atoms with Crippen LogP contribution in [0.5, 0.6) is 5.75 Å². The van der Waals surface area contributed by atoms with Crippen molar-refractivity contribution in [3.05, 3.63) is 193 Å². The van der Waals surface area contributed by atoms with Crippen LogP contribution in [0.1, 0.15) is 73.3 Å². The van der Waals surface area contributed by atoms with Crippen molar-refractivity contribution in [3.8, 4) is 78.6 Å². The Bertz CT molecular complexity index is 3610. The van der Waals surface area contributed by atoms with Crippen molar-refractivity contribution in [1.82, 2.24) is 14.5 Å². The summed E-state index contributed by atoms with van der Waals surface area (Å²) in [4.78, 5) is 9.73. The van der Waals surface area contributed by atoms with Gasteiger partial charge in [0.15, 0.2) is 0 Å². The van der Waals surface area contributed by atoms with E-state index in [1.807, 2.05) is 98.1 Å². The summed E-state index contributed by atoms with van der Waals surface area (Å²) in [5.74, 6) is 0.266. The van der Waals surface area contributed by atoms with Crippen molar-refractivity contribution in [1.29, 1.82) is 0 Å². The van der Waals surface area contributed by atoms with Crippen LogP contribution in [0.15, 0.2) is 170 Å². The smallest absolute Gasteiger partial charge is 0.148 e. The van der Waals surface area contributed by atoms with Gasteiger partial charge in [-0.05, 0) is 93.0 Å². The maximum Gasteiger partial charge on any atom is 0.148 e. The van der Waals surface area contributed by atoms with Crippen LogP contribution in [-0.2, 0) is 31.9 Å². The van der Waals surface area contributed by atoms with E-state index in [9.17, 15) is 6.48 Å². The number of hydrogen-bond acceptors (Lipinski definition) is 3. The quantitative estimate of drug-likeness (QED) is 0.162. The molecule has 0 aliphatic heterocycles. The van der Waals surface area contributed by atoms with Crippen LogP contribution >= 0.6 is 0 Å². The van der Waals surface area contributed by atoms with Gasteiger partial charge in [-0.3, -0.25) is 9.55 Å². The van der Waals surface area contributed by atoms with Gasteiger partial charge in [0, 0.05) is 42.6 Å². The first-order valence-corrected chi connectivity index (χ1v) is 20.2. The number of aromatic hydroxyl groups is 1. The maximum atomic E-state index is 11.6. The number of phenols is 1. The van der Waals surface area contributed by atoms with Crippen molar-refractivity contribution >= 4 is 11.0 Å². The predicted octanol–water partition coefficient (Wildman–Crippen LogP) is 14.8. The Hall–Kier alpha value is -6.35. The van der Waals surface area contributed by atoms with Gasteiger partial charge >= 0.3 is 0 Å². The van der Waals surface area contributed by atoms with Gasteiger partial charge < -0.3 is 5.11 Å². The molecule has 0 aliphatic carbocycles. The van der Waals surface area contributed by atoms with Crippen LogP contribution in [0.3, 0.4) is 0 Å². The average Bonchev–Trinajstić information content (AvgIpc) is 3.73. The van der Waals surface area contributed by atoms with Gasteiger partial charge in [-0.25, -0.2) is 4.98 Å². The first kappa shape index (κ1) is 30.6. The Kier molecular flexibility index (Phi) is 8.32. The average molecular weight is 999 g/mol. The summed E-state index contributed by atoms with van der Waals surface area (Å²) in [7, 11) is 0. The molecule has 0 atom stereocenters. The van der Waals surface area contributed by atoms with Gasteiger partial charge in [0.1, 0.15) is 11.6 Å². The minimum atomic E-state index is -2.56. The van der Waals surface area contributed by atoms with Gasteiger partial charge in [0.25, 0.3) is 0 Å². The molecule has 0 aliphatic rings. The Labute approximate surface area is 395 Å². The van der Waals surface area contributed by atoms with Crippen LogP contribution in [0.4, 0.5) is 0 Å². The van der Waals surface area contributed by atoms with E-state index in [1.54, 1.807) is 36.4 Å². The Morgan fingerprint density at radius 2 is 1.29 bits per heavy atom. The van der Waals surface area contributed by atoms with E-state index in [0.29, 0.717) is 50.4 Å². The fraction of sp³-hybridized carbons (Fsp3) is 0.158. The first-order valence-electron chi connectivity index (χ1n) is 25.7. The van der Waals surface area contributed by atoms with Crippen LogP contribution in [-0.4, -0.2) is 19.6 Å². The molecule has 1 N–H and O–H groups in total. The molecule has 0 saturated carbocycles. The molecule has 0 saturated heterocycles. The van der Waals surface area contributed by atoms with E-state index in [0.717, 1.165) is 22.3 Å². The van der Waals surface area contributed by atoms with Gasteiger partial charge in [0.05, 0.1) is 33.3 Å². The number of aryl methyl sites for hydroxylation is 1. The van der Waals surface area contributed by atoms with E-state index in [2.05, 4.69) is 44.0 Å². The van der Waals surface area contributed by atoms with Crippen molar-refractivity contribution in [2.75, 3.05) is 0 Å². The molecule has 9 aromatic rings. The second kappa shape index (κ2) is 16.8. The molecule has 7 aromatic carbocycles. The zero-order valence-electron chi connectivity index (χ0n) is 46.2. The molecule has 310 valence electrons. The fourth-order valence-corrected chi connectivity index (χ4v) is 7.64. The zero-order valence-corrected chi connectivity index (χ0v) is 37.4. The third kappa shape index (κ3) is 8.20. The number of para-hydroxylation sites is 2. The number of hydrogen-bond donors (Lipinski definition) is 1. The van der Waals surface area contributed by atoms with Crippen molar-refractivity contribution in [2.24, 2.45) is 0 Å². The Morgan fingerprint density at radius 3 is 2.00 bits per heavy atom. The summed E-state index contributed by atoms with van der Waals surface area (Å²) >= 11 is 0. The maximum absolute atomic E-state index is 11.6. The predicted molar refractivity (Wildman–Crippen MR) is 254 cm³/mol. The van der Waals surface area contributed by atoms with Crippen molar-refractivity contribution in [2.45, 2.75) is 59.2 Å². The number of benzene rings is 7. The second-order valence-electron chi connectivity index (χ2n) is 17.2. The topological polar surface area (TPSA) is 50.9 Å². The Morgan fingerprint density at radius 1 is 0.613 bits per heavy atom. The molecule has 4 nitrogen and oxygen atoms in total. The third-order valence-corrected chi connectivity index (χ3v) is 11.0. The standard InChI is InChI=1S/C57H50N3O.Pt/c1-37-31-52(49(36-48(37)39-19-12-9-13-20-39)40-25-27-44(28-26-40)56(2,3)4)60-51-23-16-22-46(54(51)59-55(60)47-21-14-15-24-53(47)61)42-32-43(34-45(33-42)57(5,6)7)50-35-41(29-30-58-50)38-17-10-8-11-18-38;/h8-31,33-36,61H,1-7H3;/q-1;/i1D3,8D,10D,11D,17D,18D,29D,30D,35D;. The molecule has 0 bridgehead atoms. The molecule has 62 heavy (non-hydrogen) atoms. The second-order valence-corrected chi connectivity index (χ2v) is 17.2. The summed E-state index contributed by atoms with van der Waals surface area (Å²) in [6.45, 7) is 9.89. The van der Waals surface area contributed by atoms with Gasteiger partial charge in [0.2, 0.25) is 0 Å². The molecular weight excluding hydrogens is 938 g/mol. The molecular formula is C57H50N3OPt-. The van der Waals surface area contributed by atoms with Gasteiger partial charge in [-0.15, -0.1) is 29.3 Å². The van der Waals surface area contributed by atoms with Gasteiger partial charge in [-0.2, -0.15) is 0 Å². The van der Waals surface area contributed by atoms with Gasteiger partial charge in [-0.1, -0.05) is 168 Å². The normalized spacial score (nSPS) is 14.5. The number of rotatable bonds is 7. The SMILES string of the molecule is [2H]c1nc(-c2[c-]c(-c3cccc4c3nc(-c3ccccc3O)n4-c3cc(C([2H])([2H])[2H])c(-c4ccccc4)cc3-c3ccc(C(C)(C)C)cc3)cc(C(C)(C)C)c2)c([2H])c(-c2c([2H])c([2H])c([2H])c([2H])c2[2H])c1[2H].[Pt]. The summed E-state index contributed by atoms with van der Waals surface area (Å²) in [5.41, 5.74) is 6.57.